The van der Waals surface area contributed by atoms with Crippen molar-refractivity contribution in [2.24, 2.45) is 13.0 Å². The normalized spacial score (nSPS) is 22.6. The molecule has 1 aromatic carbocycles. The zero-order chi connectivity index (χ0) is 20.6. The smallest absolute Gasteiger partial charge is 0.246 e. The van der Waals surface area contributed by atoms with Crippen LogP contribution in [0.4, 0.5) is 0 Å². The molecule has 4 rings (SSSR count). The minimum atomic E-state index is -3.67. The maximum Gasteiger partial charge on any atom is 0.246 e. The largest absolute Gasteiger partial charge is 0.493 e. The van der Waals surface area contributed by atoms with Gasteiger partial charge in [0, 0.05) is 32.1 Å². The summed E-state index contributed by atoms with van der Waals surface area (Å²) in [5, 5.41) is 7.16. The summed E-state index contributed by atoms with van der Waals surface area (Å²) in [5.41, 5.74) is 1.56. The molecule has 1 aromatic heterocycles. The molecule has 0 bridgehead atoms. The van der Waals surface area contributed by atoms with Crippen LogP contribution in [0.5, 0.6) is 5.75 Å². The van der Waals surface area contributed by atoms with Crippen molar-refractivity contribution in [3.63, 3.8) is 0 Å². The number of benzene rings is 1. The Hall–Kier alpha value is -2.39. The lowest BCUT2D eigenvalue weighted by molar-refractivity contribution is -0.127. The van der Waals surface area contributed by atoms with Gasteiger partial charge in [0.1, 0.15) is 10.6 Å². The molecule has 9 heteroatoms. The highest BCUT2D eigenvalue weighted by molar-refractivity contribution is 7.89. The number of fused-ring (bicyclic) bond motifs is 1. The Bertz CT molecular complexity index is 1020. The summed E-state index contributed by atoms with van der Waals surface area (Å²) in [4.78, 5) is 13.2. The van der Waals surface area contributed by atoms with E-state index >= 15 is 0 Å². The van der Waals surface area contributed by atoms with E-state index in [1.807, 2.05) is 24.3 Å². The molecule has 0 spiro atoms. The van der Waals surface area contributed by atoms with Gasteiger partial charge in [-0.3, -0.25) is 9.48 Å². The van der Waals surface area contributed by atoms with Gasteiger partial charge in [0.2, 0.25) is 15.9 Å². The van der Waals surface area contributed by atoms with Gasteiger partial charge >= 0.3 is 0 Å². The highest BCUT2D eigenvalue weighted by Gasteiger charge is 2.36. The second-order valence-electron chi connectivity index (χ2n) is 7.66. The van der Waals surface area contributed by atoms with E-state index < -0.39 is 10.0 Å². The number of carbonyl (C=O) groups excluding carboxylic acids is 1. The van der Waals surface area contributed by atoms with Crippen LogP contribution in [-0.4, -0.2) is 48.1 Å². The van der Waals surface area contributed by atoms with Crippen molar-refractivity contribution in [3.8, 4) is 5.75 Å². The molecule has 29 heavy (non-hydrogen) atoms. The predicted molar refractivity (Wildman–Crippen MR) is 107 cm³/mol. The molecular weight excluding hydrogens is 392 g/mol. The summed E-state index contributed by atoms with van der Waals surface area (Å²) >= 11 is 0. The molecular formula is C20H26N4O4S. The molecule has 0 unspecified atom stereocenters. The predicted octanol–water partition coefficient (Wildman–Crippen LogP) is 1.77. The lowest BCUT2D eigenvalue weighted by Crippen LogP contribution is -2.46. The quantitative estimate of drug-likeness (QED) is 0.817. The first kappa shape index (κ1) is 19.9. The van der Waals surface area contributed by atoms with Crippen molar-refractivity contribution in [3.05, 3.63) is 41.7 Å². The molecule has 156 valence electrons. The standard InChI is InChI=1S/C20H26N4O4S/c1-14-19(12-21-23(14)2)29(26,27)24-10-5-6-15(13-24)20(25)22-17-9-11-28-18-8-4-3-7-16(17)18/h3-4,7-8,12,15,17H,5-6,9-11,13H2,1-2H3,(H,22,25)/t15-,17-/m0/s1. The van der Waals surface area contributed by atoms with Crippen molar-refractivity contribution in [1.82, 2.24) is 19.4 Å². The lowest BCUT2D eigenvalue weighted by atomic mass is 9.96. The number of rotatable bonds is 4. The Morgan fingerprint density at radius 3 is 2.83 bits per heavy atom. The minimum absolute atomic E-state index is 0.102. The summed E-state index contributed by atoms with van der Waals surface area (Å²) in [6.45, 7) is 2.89. The average Bonchev–Trinajstić information content (AvgIpc) is 3.07. The van der Waals surface area contributed by atoms with Crippen LogP contribution in [0.3, 0.4) is 0 Å². The summed E-state index contributed by atoms with van der Waals surface area (Å²) in [6.07, 6.45) is 3.41. The van der Waals surface area contributed by atoms with Gasteiger partial charge in [0.25, 0.3) is 0 Å². The van der Waals surface area contributed by atoms with Gasteiger partial charge in [-0.25, -0.2) is 8.42 Å². The Morgan fingerprint density at radius 1 is 1.28 bits per heavy atom. The molecule has 1 N–H and O–H groups in total. The van der Waals surface area contributed by atoms with Crippen molar-refractivity contribution in [2.75, 3.05) is 19.7 Å². The van der Waals surface area contributed by atoms with E-state index in [0.29, 0.717) is 38.1 Å². The summed E-state index contributed by atoms with van der Waals surface area (Å²) < 4.78 is 34.8. The van der Waals surface area contributed by atoms with Crippen LogP contribution >= 0.6 is 0 Å². The molecule has 2 aliphatic rings. The molecule has 0 aliphatic carbocycles. The van der Waals surface area contributed by atoms with E-state index in [1.165, 1.54) is 10.5 Å². The maximum absolute atomic E-state index is 13.1. The molecule has 0 radical (unpaired) electrons. The second kappa shape index (κ2) is 7.79. The fourth-order valence-corrected chi connectivity index (χ4v) is 5.74. The molecule has 0 saturated carbocycles. The third-order valence-electron chi connectivity index (χ3n) is 5.84. The topological polar surface area (TPSA) is 93.5 Å². The van der Waals surface area contributed by atoms with Crippen LogP contribution in [0.1, 0.15) is 36.6 Å². The Balaban J connectivity index is 1.48. The number of ether oxygens (including phenoxy) is 1. The third kappa shape index (κ3) is 3.76. The molecule has 1 amide bonds. The van der Waals surface area contributed by atoms with Gasteiger partial charge in [0.15, 0.2) is 0 Å². The Morgan fingerprint density at radius 2 is 2.07 bits per heavy atom. The highest BCUT2D eigenvalue weighted by atomic mass is 32.2. The van der Waals surface area contributed by atoms with Crippen LogP contribution in [0.2, 0.25) is 0 Å². The number of carbonyl (C=O) groups is 1. The molecule has 1 fully saturated rings. The number of aryl methyl sites for hydroxylation is 1. The number of hydrogen-bond donors (Lipinski definition) is 1. The van der Waals surface area contributed by atoms with Crippen LogP contribution in [0, 0.1) is 12.8 Å². The Kier molecular flexibility index (Phi) is 5.35. The zero-order valence-corrected chi connectivity index (χ0v) is 17.5. The molecule has 2 aromatic rings. The number of hydrogen-bond acceptors (Lipinski definition) is 5. The van der Waals surface area contributed by atoms with E-state index in [-0.39, 0.29) is 29.3 Å². The second-order valence-corrected chi connectivity index (χ2v) is 9.56. The lowest BCUT2D eigenvalue weighted by Gasteiger charge is -2.33. The number of piperidine rings is 1. The molecule has 2 atom stereocenters. The third-order valence-corrected chi connectivity index (χ3v) is 7.81. The van der Waals surface area contributed by atoms with Crippen molar-refractivity contribution in [1.29, 1.82) is 0 Å². The van der Waals surface area contributed by atoms with Crippen molar-refractivity contribution < 1.29 is 17.9 Å². The van der Waals surface area contributed by atoms with E-state index in [2.05, 4.69) is 10.4 Å². The number of para-hydroxylation sites is 1. The van der Waals surface area contributed by atoms with Crippen molar-refractivity contribution in [2.45, 2.75) is 37.1 Å². The molecule has 2 aliphatic heterocycles. The van der Waals surface area contributed by atoms with Gasteiger partial charge in [-0.1, -0.05) is 18.2 Å². The van der Waals surface area contributed by atoms with Crippen LogP contribution in [0.25, 0.3) is 0 Å². The first-order valence-corrected chi connectivity index (χ1v) is 11.3. The molecule has 3 heterocycles. The number of amides is 1. The van der Waals surface area contributed by atoms with E-state index in [1.54, 1.807) is 18.7 Å². The fourth-order valence-electron chi connectivity index (χ4n) is 4.03. The van der Waals surface area contributed by atoms with Gasteiger partial charge in [0.05, 0.1) is 30.5 Å². The van der Waals surface area contributed by atoms with Crippen LogP contribution in [-0.2, 0) is 21.9 Å². The van der Waals surface area contributed by atoms with Crippen molar-refractivity contribution >= 4 is 15.9 Å². The summed E-state index contributed by atoms with van der Waals surface area (Å²) in [5.74, 6) is 0.323. The van der Waals surface area contributed by atoms with Gasteiger partial charge in [-0.15, -0.1) is 0 Å². The molecule has 8 nitrogen and oxygen atoms in total. The Labute approximate surface area is 170 Å². The summed E-state index contributed by atoms with van der Waals surface area (Å²) in [7, 11) is -1.96. The maximum atomic E-state index is 13.1. The number of nitrogens with zero attached hydrogens (tertiary/aromatic N) is 3. The number of aromatic nitrogens is 2. The minimum Gasteiger partial charge on any atom is -0.493 e. The average molecular weight is 419 g/mol. The zero-order valence-electron chi connectivity index (χ0n) is 16.7. The SMILES string of the molecule is Cc1c(S(=O)(=O)N2CCC[C@H](C(=O)N[C@H]3CCOc4ccccc43)C2)cnn1C. The monoisotopic (exact) mass is 418 g/mol. The fraction of sp³-hybridized carbons (Fsp3) is 0.500. The van der Waals surface area contributed by atoms with Gasteiger partial charge in [-0.05, 0) is 25.8 Å². The van der Waals surface area contributed by atoms with Crippen LogP contribution < -0.4 is 10.1 Å². The number of nitrogens with one attached hydrogen (secondary N) is 1. The van der Waals surface area contributed by atoms with E-state index in [0.717, 1.165) is 11.3 Å². The first-order valence-electron chi connectivity index (χ1n) is 9.89. The first-order chi connectivity index (χ1) is 13.9. The van der Waals surface area contributed by atoms with Gasteiger partial charge in [-0.2, -0.15) is 9.40 Å². The van der Waals surface area contributed by atoms with Crippen LogP contribution in [0.15, 0.2) is 35.4 Å². The number of sulfonamides is 1. The molecule has 1 saturated heterocycles. The van der Waals surface area contributed by atoms with E-state index in [4.69, 9.17) is 4.74 Å². The van der Waals surface area contributed by atoms with Gasteiger partial charge < -0.3 is 10.1 Å². The van der Waals surface area contributed by atoms with E-state index in [9.17, 15) is 13.2 Å². The highest BCUT2D eigenvalue weighted by Crippen LogP contribution is 2.32. The summed E-state index contributed by atoms with van der Waals surface area (Å²) in [6, 6.07) is 7.59.